The summed E-state index contributed by atoms with van der Waals surface area (Å²) in [6, 6.07) is 0. The number of carbonyl (C=O) groups is 1. The molecule has 1 fully saturated rings. The maximum absolute atomic E-state index is 11.6. The average molecular weight is 233 g/mol. The molecule has 1 nitrogen and oxygen atoms in total. The first-order valence-corrected chi connectivity index (χ1v) is 7.23. The second-order valence-electron chi connectivity index (χ2n) is 4.07. The molecule has 70 valence electrons. The van der Waals surface area contributed by atoms with Crippen molar-refractivity contribution < 1.29 is 4.79 Å². The summed E-state index contributed by atoms with van der Waals surface area (Å²) >= 11 is 0.588. The molecule has 0 amide bonds. The zero-order chi connectivity index (χ0) is 9.19. The topological polar surface area (TPSA) is 17.1 Å². The van der Waals surface area contributed by atoms with Gasteiger partial charge in [-0.15, -0.1) is 0 Å². The van der Waals surface area contributed by atoms with E-state index in [-0.39, 0.29) is 0 Å². The molecule has 0 saturated heterocycles. The molecule has 0 radical (unpaired) electrons. The Balaban J connectivity index is 2.65. The number of rotatable bonds is 2. The summed E-state index contributed by atoms with van der Waals surface area (Å²) in [5.41, 5.74) is 0. The van der Waals surface area contributed by atoms with E-state index in [1.807, 2.05) is 0 Å². The van der Waals surface area contributed by atoms with Gasteiger partial charge in [-0.1, -0.05) is 0 Å². The fourth-order valence-corrected chi connectivity index (χ4v) is 2.98. The van der Waals surface area contributed by atoms with Crippen molar-refractivity contribution in [1.29, 1.82) is 0 Å². The molecule has 1 rings (SSSR count). The zero-order valence-electron chi connectivity index (χ0n) is 8.22. The van der Waals surface area contributed by atoms with E-state index in [1.165, 1.54) is 6.42 Å². The van der Waals surface area contributed by atoms with Crippen molar-refractivity contribution in [2.75, 3.05) is 0 Å². The van der Waals surface area contributed by atoms with E-state index in [0.29, 0.717) is 31.0 Å². The van der Waals surface area contributed by atoms with Crippen LogP contribution in [0.4, 0.5) is 0 Å². The van der Waals surface area contributed by atoms with Crippen LogP contribution in [0.25, 0.3) is 0 Å². The number of carbonyl (C=O) groups excluding carboxylic acids is 1. The van der Waals surface area contributed by atoms with Gasteiger partial charge in [0, 0.05) is 0 Å². The van der Waals surface area contributed by atoms with Crippen molar-refractivity contribution in [1.82, 2.24) is 0 Å². The van der Waals surface area contributed by atoms with Crippen LogP contribution in [-0.2, 0) is 4.79 Å². The molecule has 0 aromatic heterocycles. The molecule has 1 aliphatic rings. The normalized spacial score (nSPS) is 25.9. The fourth-order valence-electron chi connectivity index (χ4n) is 1.86. The van der Waals surface area contributed by atoms with E-state index in [0.717, 1.165) is 19.3 Å². The van der Waals surface area contributed by atoms with Crippen molar-refractivity contribution in [2.24, 2.45) is 5.92 Å². The molecule has 2 heteroatoms. The van der Waals surface area contributed by atoms with Gasteiger partial charge in [-0.25, -0.2) is 0 Å². The van der Waals surface area contributed by atoms with Gasteiger partial charge in [0.15, 0.2) is 0 Å². The Kier molecular flexibility index (Phi) is 3.37. The van der Waals surface area contributed by atoms with Crippen LogP contribution in [-0.4, -0.2) is 20.7 Å². The molecule has 12 heavy (non-hydrogen) atoms. The van der Waals surface area contributed by atoms with Gasteiger partial charge in [-0.3, -0.25) is 0 Å². The first-order chi connectivity index (χ1) is 5.58. The van der Waals surface area contributed by atoms with Crippen LogP contribution in [0.5, 0.6) is 0 Å². The van der Waals surface area contributed by atoms with Crippen molar-refractivity contribution >= 4 is 20.7 Å². The first-order valence-electron chi connectivity index (χ1n) is 4.66. The minimum atomic E-state index is 0.296. The second-order valence-corrected chi connectivity index (χ2v) is 7.14. The summed E-state index contributed by atoms with van der Waals surface area (Å²) in [6.07, 6.45) is 4.36. The molecule has 0 heterocycles. The molecule has 1 saturated carbocycles. The van der Waals surface area contributed by atoms with Gasteiger partial charge in [0.05, 0.1) is 0 Å². The van der Waals surface area contributed by atoms with E-state index in [9.17, 15) is 4.79 Å². The number of hydrogen-bond acceptors (Lipinski definition) is 1. The molecule has 1 atom stereocenters. The van der Waals surface area contributed by atoms with E-state index < -0.39 is 0 Å². The van der Waals surface area contributed by atoms with Gasteiger partial charge in [-0.05, 0) is 0 Å². The Bertz CT molecular complexity index is 175. The molecule has 1 aliphatic carbocycles. The van der Waals surface area contributed by atoms with Crippen molar-refractivity contribution in [3.05, 3.63) is 0 Å². The SMILES string of the molecule is C[Se]C(C)(C)C1CCCCC1=O. The first kappa shape index (κ1) is 10.3. The zero-order valence-corrected chi connectivity index (χ0v) is 9.94. The standard InChI is InChI=1S/C10H18OSe/c1-10(2,12-3)8-6-4-5-7-9(8)11/h8H,4-7H2,1-3H3. The van der Waals surface area contributed by atoms with Crippen molar-refractivity contribution in [2.45, 2.75) is 49.7 Å². The predicted molar refractivity (Wildman–Crippen MR) is 52.6 cm³/mol. The Morgan fingerprint density at radius 2 is 2.08 bits per heavy atom. The molecule has 0 bridgehead atoms. The third kappa shape index (κ3) is 2.11. The van der Waals surface area contributed by atoms with Gasteiger partial charge in [0.2, 0.25) is 0 Å². The van der Waals surface area contributed by atoms with Crippen LogP contribution in [0.2, 0.25) is 10.1 Å². The van der Waals surface area contributed by atoms with E-state index in [1.54, 1.807) is 0 Å². The molecule has 1 unspecified atom stereocenters. The summed E-state index contributed by atoms with van der Waals surface area (Å²) in [6.45, 7) is 4.50. The molecular weight excluding hydrogens is 215 g/mol. The molecule has 0 spiro atoms. The van der Waals surface area contributed by atoms with E-state index in [2.05, 4.69) is 19.7 Å². The van der Waals surface area contributed by atoms with Gasteiger partial charge in [-0.2, -0.15) is 0 Å². The maximum atomic E-state index is 11.6. The summed E-state index contributed by atoms with van der Waals surface area (Å²) in [5, 5.41) is 0. The monoisotopic (exact) mass is 234 g/mol. The van der Waals surface area contributed by atoms with Gasteiger partial charge in [0.1, 0.15) is 0 Å². The van der Waals surface area contributed by atoms with E-state index in [4.69, 9.17) is 0 Å². The van der Waals surface area contributed by atoms with Gasteiger partial charge >= 0.3 is 81.1 Å². The number of Topliss-reactive ketones (excluding diaryl/α,β-unsaturated/α-hetero) is 1. The van der Waals surface area contributed by atoms with Crippen LogP contribution in [0.3, 0.4) is 0 Å². The Hall–Kier alpha value is 0.189. The Morgan fingerprint density at radius 1 is 1.42 bits per heavy atom. The number of ketones is 1. The molecule has 0 aromatic rings. The summed E-state index contributed by atoms with van der Waals surface area (Å²) in [5.74, 6) is 3.14. The van der Waals surface area contributed by atoms with Crippen LogP contribution >= 0.6 is 0 Å². The molecule has 0 N–H and O–H groups in total. The quantitative estimate of drug-likeness (QED) is 0.670. The van der Waals surface area contributed by atoms with Gasteiger partial charge < -0.3 is 0 Å². The van der Waals surface area contributed by atoms with E-state index >= 15 is 0 Å². The fraction of sp³-hybridized carbons (Fsp3) is 0.900. The Morgan fingerprint density at radius 3 is 2.58 bits per heavy atom. The predicted octanol–water partition coefficient (Wildman–Crippen LogP) is 2.70. The minimum absolute atomic E-state index is 0.296. The third-order valence-electron chi connectivity index (χ3n) is 2.92. The van der Waals surface area contributed by atoms with Crippen molar-refractivity contribution in [3.63, 3.8) is 0 Å². The average Bonchev–Trinajstić information content (AvgIpc) is 2.05. The Labute approximate surface area is 81.5 Å². The van der Waals surface area contributed by atoms with Gasteiger partial charge in [0.25, 0.3) is 0 Å². The van der Waals surface area contributed by atoms with Crippen molar-refractivity contribution in [3.8, 4) is 0 Å². The summed E-state index contributed by atoms with van der Waals surface area (Å²) < 4.78 is 0.296. The summed E-state index contributed by atoms with van der Waals surface area (Å²) in [7, 11) is 0. The summed E-state index contributed by atoms with van der Waals surface area (Å²) in [4.78, 5) is 11.6. The van der Waals surface area contributed by atoms with Crippen LogP contribution in [0.15, 0.2) is 0 Å². The van der Waals surface area contributed by atoms with Crippen LogP contribution in [0.1, 0.15) is 39.5 Å². The third-order valence-corrected chi connectivity index (χ3v) is 5.72. The molecule has 0 aromatic carbocycles. The van der Waals surface area contributed by atoms with Crippen LogP contribution in [0, 0.1) is 5.92 Å². The van der Waals surface area contributed by atoms with Crippen LogP contribution < -0.4 is 0 Å². The molecule has 0 aliphatic heterocycles. The number of hydrogen-bond donors (Lipinski definition) is 0. The molecular formula is C10H18OSe. The second kappa shape index (κ2) is 3.93.